The molecule has 2 aliphatic rings. The van der Waals surface area contributed by atoms with E-state index in [1.165, 1.54) is 17.3 Å². The molecule has 0 saturated carbocycles. The predicted octanol–water partition coefficient (Wildman–Crippen LogP) is 1.05. The monoisotopic (exact) mass is 411 g/mol. The molecule has 0 aromatic heterocycles. The summed E-state index contributed by atoms with van der Waals surface area (Å²) < 4.78 is 0. The number of nitrogens with zero attached hydrogens (tertiary/aromatic N) is 1. The summed E-state index contributed by atoms with van der Waals surface area (Å²) in [5.41, 5.74) is 5.19. The number of carbonyl (C=O) groups excluding carboxylic acids is 2. The molecule has 0 aliphatic carbocycles. The van der Waals surface area contributed by atoms with Crippen LogP contribution in [0.15, 0.2) is 60.7 Å². The third kappa shape index (κ3) is 4.90. The molecular weight excluding hydrogens is 386 g/mol. The van der Waals surface area contributed by atoms with Gasteiger partial charge in [-0.1, -0.05) is 48.5 Å². The minimum Gasteiger partial charge on any atom is -0.355 e. The minimum atomic E-state index is -0.310. The van der Waals surface area contributed by atoms with Crippen LogP contribution in [0.1, 0.15) is 5.56 Å². The Morgan fingerprint density at radius 1 is 1.10 bits per heavy atom. The van der Waals surface area contributed by atoms with Crippen LogP contribution in [-0.2, 0) is 16.0 Å². The first-order valence-electron chi connectivity index (χ1n) is 9.77. The molecule has 2 fully saturated rings. The zero-order valence-electron chi connectivity index (χ0n) is 16.0. The molecule has 2 aromatic rings. The third-order valence-electron chi connectivity index (χ3n) is 5.07. The van der Waals surface area contributed by atoms with Gasteiger partial charge in [-0.2, -0.15) is 0 Å². The van der Waals surface area contributed by atoms with Gasteiger partial charge in [-0.3, -0.25) is 19.9 Å². The maximum Gasteiger partial charge on any atom is 0.230 e. The van der Waals surface area contributed by atoms with Gasteiger partial charge in [-0.15, -0.1) is 11.8 Å². The Bertz CT molecular complexity index is 835. The van der Waals surface area contributed by atoms with Crippen molar-refractivity contribution in [1.29, 1.82) is 0 Å². The van der Waals surface area contributed by atoms with Crippen LogP contribution in [0.4, 0.5) is 5.69 Å². The van der Waals surface area contributed by atoms with E-state index in [0.717, 1.165) is 12.1 Å². The lowest BCUT2D eigenvalue weighted by molar-refractivity contribution is -0.127. The Kier molecular flexibility index (Phi) is 6.33. The lowest BCUT2D eigenvalue weighted by Gasteiger charge is -2.37. The first-order chi connectivity index (χ1) is 14.2. The number of thioether (sulfide) groups is 1. The molecular formula is C21H25N5O2S. The Hall–Kier alpha value is -2.55. The first kappa shape index (κ1) is 19.8. The normalized spacial score (nSPS) is 23.4. The molecule has 7 nitrogen and oxygen atoms in total. The highest BCUT2D eigenvalue weighted by Gasteiger charge is 2.44. The molecule has 4 rings (SSSR count). The molecule has 2 aliphatic heterocycles. The zero-order chi connectivity index (χ0) is 20.1. The van der Waals surface area contributed by atoms with Crippen LogP contribution in [0.2, 0.25) is 0 Å². The second kappa shape index (κ2) is 9.30. The highest BCUT2D eigenvalue weighted by atomic mass is 32.2. The lowest BCUT2D eigenvalue weighted by atomic mass is 10.1. The summed E-state index contributed by atoms with van der Waals surface area (Å²) in [5.74, 6) is 0.0742. The van der Waals surface area contributed by atoms with Crippen molar-refractivity contribution in [3.63, 3.8) is 0 Å². The van der Waals surface area contributed by atoms with Crippen molar-refractivity contribution in [2.75, 3.05) is 23.9 Å². The van der Waals surface area contributed by atoms with E-state index in [4.69, 9.17) is 0 Å². The zero-order valence-corrected chi connectivity index (χ0v) is 16.8. The largest absolute Gasteiger partial charge is 0.355 e. The maximum atomic E-state index is 12.5. The number of amides is 2. The fourth-order valence-electron chi connectivity index (χ4n) is 3.58. The highest BCUT2D eigenvalue weighted by molar-refractivity contribution is 8.00. The fourth-order valence-corrected chi connectivity index (χ4v) is 4.43. The summed E-state index contributed by atoms with van der Waals surface area (Å²) in [6, 6.07) is 20.0. The molecule has 2 aromatic carbocycles. The molecule has 3 unspecified atom stereocenters. The third-order valence-corrected chi connectivity index (χ3v) is 6.08. The number of carbonyl (C=O) groups is 2. The molecule has 4 N–H and O–H groups in total. The van der Waals surface area contributed by atoms with E-state index in [0.29, 0.717) is 13.1 Å². The number of para-hydroxylation sites is 1. The minimum absolute atomic E-state index is 0.00154. The topological polar surface area (TPSA) is 85.5 Å². The van der Waals surface area contributed by atoms with Gasteiger partial charge < -0.3 is 10.6 Å². The number of nitrogens with one attached hydrogen (secondary N) is 4. The molecule has 0 bridgehead atoms. The van der Waals surface area contributed by atoms with Crippen molar-refractivity contribution < 1.29 is 9.59 Å². The number of hydrazine groups is 1. The van der Waals surface area contributed by atoms with Gasteiger partial charge in [0.05, 0.1) is 17.4 Å². The van der Waals surface area contributed by atoms with E-state index in [1.807, 2.05) is 65.7 Å². The summed E-state index contributed by atoms with van der Waals surface area (Å²) in [7, 11) is 0. The second-order valence-electron chi connectivity index (χ2n) is 7.07. The van der Waals surface area contributed by atoms with Gasteiger partial charge in [-0.25, -0.2) is 5.43 Å². The van der Waals surface area contributed by atoms with Gasteiger partial charge in [0.15, 0.2) is 0 Å². The van der Waals surface area contributed by atoms with Crippen molar-refractivity contribution in [3.8, 4) is 0 Å². The molecule has 8 heteroatoms. The van der Waals surface area contributed by atoms with Crippen LogP contribution >= 0.6 is 11.8 Å². The van der Waals surface area contributed by atoms with Gasteiger partial charge in [0.1, 0.15) is 11.7 Å². The quantitative estimate of drug-likeness (QED) is 0.545. The summed E-state index contributed by atoms with van der Waals surface area (Å²) in [5, 5.41) is 11.3. The smallest absolute Gasteiger partial charge is 0.230 e. The van der Waals surface area contributed by atoms with Crippen LogP contribution in [0.25, 0.3) is 0 Å². The van der Waals surface area contributed by atoms with E-state index in [2.05, 4.69) is 21.4 Å². The van der Waals surface area contributed by atoms with Crippen LogP contribution in [0.5, 0.6) is 0 Å². The predicted molar refractivity (Wildman–Crippen MR) is 115 cm³/mol. The maximum absolute atomic E-state index is 12.5. The number of benzene rings is 2. The van der Waals surface area contributed by atoms with Gasteiger partial charge >= 0.3 is 0 Å². The Morgan fingerprint density at radius 3 is 2.59 bits per heavy atom. The highest BCUT2D eigenvalue weighted by Crippen LogP contribution is 2.26. The Balaban J connectivity index is 1.26. The van der Waals surface area contributed by atoms with E-state index in [-0.39, 0.29) is 35.1 Å². The summed E-state index contributed by atoms with van der Waals surface area (Å²) in [6.07, 6.45) is 0.654. The van der Waals surface area contributed by atoms with Crippen LogP contribution < -0.4 is 26.4 Å². The number of hydrogen-bond donors (Lipinski definition) is 4. The number of hydrogen-bond acceptors (Lipinski definition) is 6. The second-order valence-corrected chi connectivity index (χ2v) is 8.16. The van der Waals surface area contributed by atoms with Crippen molar-refractivity contribution in [2.45, 2.75) is 18.1 Å². The van der Waals surface area contributed by atoms with E-state index in [9.17, 15) is 9.59 Å². The van der Waals surface area contributed by atoms with E-state index in [1.54, 1.807) is 0 Å². The summed E-state index contributed by atoms with van der Waals surface area (Å²) in [6.45, 7) is 1.18. The van der Waals surface area contributed by atoms with Gasteiger partial charge in [0, 0.05) is 13.1 Å². The van der Waals surface area contributed by atoms with Crippen molar-refractivity contribution in [3.05, 3.63) is 66.2 Å². The number of fused-ring (bicyclic) bond motifs is 1. The number of anilines is 1. The van der Waals surface area contributed by atoms with Crippen molar-refractivity contribution in [2.24, 2.45) is 5.92 Å². The summed E-state index contributed by atoms with van der Waals surface area (Å²) >= 11 is 1.39. The van der Waals surface area contributed by atoms with Gasteiger partial charge in [-0.05, 0) is 24.1 Å². The fraction of sp³-hybridized carbons (Fsp3) is 0.333. The van der Waals surface area contributed by atoms with Crippen LogP contribution in [0, 0.1) is 5.92 Å². The molecule has 2 saturated heterocycles. The SMILES string of the molecule is O=C(CSC1NC(=O)C2CNN(c3ccccc3)C2N1)NCCc1ccccc1. The van der Waals surface area contributed by atoms with Gasteiger partial charge in [0.25, 0.3) is 0 Å². The molecule has 29 heavy (non-hydrogen) atoms. The van der Waals surface area contributed by atoms with Crippen LogP contribution in [-0.4, -0.2) is 42.3 Å². The Morgan fingerprint density at radius 2 is 1.83 bits per heavy atom. The Labute approximate surface area is 174 Å². The van der Waals surface area contributed by atoms with E-state index < -0.39 is 0 Å². The van der Waals surface area contributed by atoms with Gasteiger partial charge in [0.2, 0.25) is 11.8 Å². The first-order valence-corrected chi connectivity index (χ1v) is 10.8. The van der Waals surface area contributed by atoms with Crippen molar-refractivity contribution in [1.82, 2.24) is 21.4 Å². The number of rotatable bonds is 7. The molecule has 0 spiro atoms. The standard InChI is InChI=1S/C21H25N5O2S/c27-18(22-12-11-15-7-3-1-4-8-15)14-29-21-24-19-17(20(28)25-21)13-23-26(19)16-9-5-2-6-10-16/h1-10,17,19,21,23-24H,11-14H2,(H,22,27)(H,25,28). The molecule has 0 radical (unpaired) electrons. The van der Waals surface area contributed by atoms with E-state index >= 15 is 0 Å². The average Bonchev–Trinajstić information content (AvgIpc) is 3.18. The lowest BCUT2D eigenvalue weighted by Crippen LogP contribution is -2.63. The molecule has 152 valence electrons. The average molecular weight is 412 g/mol. The molecule has 2 heterocycles. The van der Waals surface area contributed by atoms with Crippen LogP contribution in [0.3, 0.4) is 0 Å². The summed E-state index contributed by atoms with van der Waals surface area (Å²) in [4.78, 5) is 24.7. The molecule has 3 atom stereocenters. The molecule has 2 amide bonds. The van der Waals surface area contributed by atoms with Crippen molar-refractivity contribution >= 4 is 29.3 Å².